The summed E-state index contributed by atoms with van der Waals surface area (Å²) in [5, 5.41) is 8.49. The van der Waals surface area contributed by atoms with E-state index in [0.717, 1.165) is 51.4 Å². The Kier molecular flexibility index (Phi) is 14.3. The zero-order valence-corrected chi connectivity index (χ0v) is 12.5. The first-order valence-electron chi connectivity index (χ1n) is 7.55. The van der Waals surface area contributed by atoms with E-state index in [1.165, 1.54) is 0 Å². The number of hydrogen-bond donors (Lipinski definition) is 1. The van der Waals surface area contributed by atoms with E-state index in [9.17, 15) is 4.79 Å². The Balaban J connectivity index is 3.29. The SMILES string of the molecule is C=CC/C=C\C/C=C\C/C=C\CCCCCCC(=O)O. The van der Waals surface area contributed by atoms with Gasteiger partial charge in [0.25, 0.3) is 0 Å². The Hall–Kier alpha value is -1.57. The molecule has 112 valence electrons. The molecule has 0 unspecified atom stereocenters. The fraction of sp³-hybridized carbons (Fsp3) is 0.500. The molecule has 0 saturated carbocycles. The van der Waals surface area contributed by atoms with Gasteiger partial charge in [-0.2, -0.15) is 0 Å². The number of allylic oxidation sites excluding steroid dienone is 7. The lowest BCUT2D eigenvalue weighted by Crippen LogP contribution is -1.93. The predicted octanol–water partition coefficient (Wildman–Crippen LogP) is 5.44. The van der Waals surface area contributed by atoms with Crippen molar-refractivity contribution in [2.75, 3.05) is 0 Å². The molecule has 0 aromatic rings. The second kappa shape index (κ2) is 15.5. The first-order chi connectivity index (χ1) is 9.77. The Morgan fingerprint density at radius 2 is 1.35 bits per heavy atom. The second-order valence-electron chi connectivity index (χ2n) is 4.76. The molecule has 0 rings (SSSR count). The van der Waals surface area contributed by atoms with Gasteiger partial charge in [0.15, 0.2) is 0 Å². The second-order valence-corrected chi connectivity index (χ2v) is 4.76. The van der Waals surface area contributed by atoms with E-state index in [-0.39, 0.29) is 0 Å². The van der Waals surface area contributed by atoms with Crippen LogP contribution in [0.3, 0.4) is 0 Å². The summed E-state index contributed by atoms with van der Waals surface area (Å²) in [5.41, 5.74) is 0. The summed E-state index contributed by atoms with van der Waals surface area (Å²) in [6.07, 6.45) is 23.4. The van der Waals surface area contributed by atoms with Crippen LogP contribution in [0.2, 0.25) is 0 Å². The molecular weight excluding hydrogens is 248 g/mol. The normalized spacial score (nSPS) is 11.8. The van der Waals surface area contributed by atoms with Crippen molar-refractivity contribution in [1.82, 2.24) is 0 Å². The molecule has 0 bridgehead atoms. The van der Waals surface area contributed by atoms with Gasteiger partial charge in [-0.05, 0) is 38.5 Å². The van der Waals surface area contributed by atoms with Gasteiger partial charge in [0, 0.05) is 6.42 Å². The highest BCUT2D eigenvalue weighted by atomic mass is 16.4. The van der Waals surface area contributed by atoms with Crippen LogP contribution in [0.15, 0.2) is 49.1 Å². The molecule has 0 aliphatic heterocycles. The third kappa shape index (κ3) is 16.4. The quantitative estimate of drug-likeness (QED) is 0.359. The van der Waals surface area contributed by atoms with Crippen molar-refractivity contribution < 1.29 is 9.90 Å². The maximum Gasteiger partial charge on any atom is 0.303 e. The molecule has 0 fully saturated rings. The smallest absolute Gasteiger partial charge is 0.303 e. The molecule has 0 spiro atoms. The van der Waals surface area contributed by atoms with Gasteiger partial charge in [-0.1, -0.05) is 55.4 Å². The maximum atomic E-state index is 10.3. The van der Waals surface area contributed by atoms with Gasteiger partial charge in [-0.3, -0.25) is 4.79 Å². The van der Waals surface area contributed by atoms with Crippen molar-refractivity contribution in [1.29, 1.82) is 0 Å². The van der Waals surface area contributed by atoms with Crippen molar-refractivity contribution in [2.24, 2.45) is 0 Å². The van der Waals surface area contributed by atoms with Crippen LogP contribution in [-0.4, -0.2) is 11.1 Å². The highest BCUT2D eigenvalue weighted by Crippen LogP contribution is 2.06. The van der Waals surface area contributed by atoms with Crippen molar-refractivity contribution in [2.45, 2.75) is 57.8 Å². The summed E-state index contributed by atoms with van der Waals surface area (Å²) in [6.45, 7) is 3.66. The van der Waals surface area contributed by atoms with Gasteiger partial charge in [0.05, 0.1) is 0 Å². The molecule has 0 aromatic carbocycles. The summed E-state index contributed by atoms with van der Waals surface area (Å²) < 4.78 is 0. The molecule has 0 atom stereocenters. The van der Waals surface area contributed by atoms with E-state index in [1.54, 1.807) is 0 Å². The number of carboxylic acid groups (broad SMARTS) is 1. The molecule has 0 amide bonds. The standard InChI is InChI=1S/C18H28O2/c1-2-3-4-5-6-7-8-9-10-11-12-13-14-15-16-17-18(19)20/h2,4-5,7-8,10-11H,1,3,6,9,12-17H2,(H,19,20)/b5-4-,8-7-,11-10-. The van der Waals surface area contributed by atoms with E-state index in [0.29, 0.717) is 6.42 Å². The van der Waals surface area contributed by atoms with Crippen molar-refractivity contribution in [3.63, 3.8) is 0 Å². The lowest BCUT2D eigenvalue weighted by atomic mass is 10.1. The highest BCUT2D eigenvalue weighted by molar-refractivity contribution is 5.66. The van der Waals surface area contributed by atoms with Gasteiger partial charge < -0.3 is 5.11 Å². The third-order valence-corrected chi connectivity index (χ3v) is 2.86. The van der Waals surface area contributed by atoms with Crippen LogP contribution in [0.1, 0.15) is 57.8 Å². The molecule has 0 radical (unpaired) electrons. The monoisotopic (exact) mass is 276 g/mol. The number of hydrogen-bond acceptors (Lipinski definition) is 1. The lowest BCUT2D eigenvalue weighted by Gasteiger charge is -1.96. The molecular formula is C18H28O2. The molecule has 2 heteroatoms. The first kappa shape index (κ1) is 18.4. The van der Waals surface area contributed by atoms with E-state index < -0.39 is 5.97 Å². The van der Waals surface area contributed by atoms with Gasteiger partial charge >= 0.3 is 5.97 Å². The largest absolute Gasteiger partial charge is 0.481 e. The highest BCUT2D eigenvalue weighted by Gasteiger charge is 1.95. The molecule has 2 nitrogen and oxygen atoms in total. The average molecular weight is 276 g/mol. The Morgan fingerprint density at radius 1 is 0.800 bits per heavy atom. The topological polar surface area (TPSA) is 37.3 Å². The van der Waals surface area contributed by atoms with Crippen molar-refractivity contribution in [3.05, 3.63) is 49.1 Å². The Labute approximate surface area is 123 Å². The van der Waals surface area contributed by atoms with Crippen LogP contribution in [-0.2, 0) is 4.79 Å². The maximum absolute atomic E-state index is 10.3. The summed E-state index contributed by atoms with van der Waals surface area (Å²) in [5.74, 6) is -0.684. The van der Waals surface area contributed by atoms with E-state index >= 15 is 0 Å². The van der Waals surface area contributed by atoms with Crippen LogP contribution in [0.5, 0.6) is 0 Å². The van der Waals surface area contributed by atoms with Crippen LogP contribution >= 0.6 is 0 Å². The number of rotatable bonds is 13. The summed E-state index contributed by atoms with van der Waals surface area (Å²) >= 11 is 0. The average Bonchev–Trinajstić information content (AvgIpc) is 2.43. The van der Waals surface area contributed by atoms with Crippen LogP contribution in [0, 0.1) is 0 Å². The van der Waals surface area contributed by atoms with E-state index in [2.05, 4.69) is 43.0 Å². The number of aliphatic carboxylic acids is 1. The third-order valence-electron chi connectivity index (χ3n) is 2.86. The zero-order valence-electron chi connectivity index (χ0n) is 12.5. The van der Waals surface area contributed by atoms with Crippen LogP contribution < -0.4 is 0 Å². The van der Waals surface area contributed by atoms with Gasteiger partial charge in [0.1, 0.15) is 0 Å². The molecule has 0 aromatic heterocycles. The minimum Gasteiger partial charge on any atom is -0.481 e. The minimum absolute atomic E-state index is 0.307. The van der Waals surface area contributed by atoms with Gasteiger partial charge in [0.2, 0.25) is 0 Å². The lowest BCUT2D eigenvalue weighted by molar-refractivity contribution is -0.137. The van der Waals surface area contributed by atoms with Crippen molar-refractivity contribution in [3.8, 4) is 0 Å². The molecule has 0 heterocycles. The summed E-state index contributed by atoms with van der Waals surface area (Å²) in [6, 6.07) is 0. The number of carboxylic acids is 1. The minimum atomic E-state index is -0.684. The molecule has 0 aliphatic carbocycles. The molecule has 20 heavy (non-hydrogen) atoms. The zero-order chi connectivity index (χ0) is 14.9. The van der Waals surface area contributed by atoms with E-state index in [1.807, 2.05) is 6.08 Å². The summed E-state index contributed by atoms with van der Waals surface area (Å²) in [4.78, 5) is 10.3. The fourth-order valence-electron chi connectivity index (χ4n) is 1.74. The van der Waals surface area contributed by atoms with Gasteiger partial charge in [-0.25, -0.2) is 0 Å². The Bertz CT molecular complexity index is 324. The predicted molar refractivity (Wildman–Crippen MR) is 86.8 cm³/mol. The van der Waals surface area contributed by atoms with Crippen LogP contribution in [0.4, 0.5) is 0 Å². The van der Waals surface area contributed by atoms with E-state index in [4.69, 9.17) is 5.11 Å². The van der Waals surface area contributed by atoms with Crippen LogP contribution in [0.25, 0.3) is 0 Å². The first-order valence-corrected chi connectivity index (χ1v) is 7.55. The molecule has 0 aliphatic rings. The molecule has 0 saturated heterocycles. The Morgan fingerprint density at radius 3 is 1.95 bits per heavy atom. The number of unbranched alkanes of at least 4 members (excludes halogenated alkanes) is 4. The molecule has 1 N–H and O–H groups in total. The summed E-state index contributed by atoms with van der Waals surface area (Å²) in [7, 11) is 0. The fourth-order valence-corrected chi connectivity index (χ4v) is 1.74. The van der Waals surface area contributed by atoms with Crippen molar-refractivity contribution >= 4 is 5.97 Å². The van der Waals surface area contributed by atoms with Gasteiger partial charge in [-0.15, -0.1) is 6.58 Å². The number of carbonyl (C=O) groups is 1.